The molecule has 6 rings (SSSR count). The monoisotopic (exact) mass is 731 g/mol. The highest BCUT2D eigenvalue weighted by Crippen LogP contribution is 2.52. The molecule has 0 bridgehead atoms. The number of fused-ring (bicyclic) bond motifs is 1. The topological polar surface area (TPSA) is 197 Å². The van der Waals surface area contributed by atoms with Crippen molar-refractivity contribution in [2.24, 2.45) is 11.3 Å². The number of nitrogens with zero attached hydrogens (tertiary/aromatic N) is 3. The number of ether oxygens (including phenoxy) is 3. The molecule has 1 spiro atoms. The van der Waals surface area contributed by atoms with Gasteiger partial charge in [0.1, 0.15) is 16.4 Å². The molecular formula is C33H32F3N5O9S. The van der Waals surface area contributed by atoms with Gasteiger partial charge in [-0.15, -0.1) is 0 Å². The number of methoxy groups -OCH3 is 2. The number of amides is 2. The van der Waals surface area contributed by atoms with E-state index in [1.54, 1.807) is 19.1 Å². The van der Waals surface area contributed by atoms with Crippen LogP contribution in [0.2, 0.25) is 0 Å². The van der Waals surface area contributed by atoms with Crippen molar-refractivity contribution >= 4 is 33.5 Å². The second kappa shape index (κ2) is 13.7. The van der Waals surface area contributed by atoms with E-state index >= 15 is 0 Å². The maximum absolute atomic E-state index is 14.9. The summed E-state index contributed by atoms with van der Waals surface area (Å²) in [5, 5.41) is 23.1. The molecule has 2 aliphatic heterocycles. The minimum Gasteiger partial charge on any atom is -0.497 e. The Bertz CT molecular complexity index is 2020. The molecular weight excluding hydrogens is 699 g/mol. The summed E-state index contributed by atoms with van der Waals surface area (Å²) in [4.78, 5) is 41.8. The van der Waals surface area contributed by atoms with Gasteiger partial charge in [-0.1, -0.05) is 0 Å². The van der Waals surface area contributed by atoms with Crippen LogP contribution >= 0.6 is 0 Å². The molecule has 1 saturated heterocycles. The Morgan fingerprint density at radius 3 is 2.35 bits per heavy atom. The van der Waals surface area contributed by atoms with Crippen molar-refractivity contribution < 1.29 is 55.3 Å². The van der Waals surface area contributed by atoms with Gasteiger partial charge in [-0.25, -0.2) is 18.2 Å². The lowest BCUT2D eigenvalue weighted by atomic mass is 9.58. The third kappa shape index (κ3) is 6.50. The van der Waals surface area contributed by atoms with Crippen molar-refractivity contribution in [1.29, 1.82) is 5.26 Å². The van der Waals surface area contributed by atoms with Gasteiger partial charge in [0, 0.05) is 36.8 Å². The maximum Gasteiger partial charge on any atom is 0.490 e. The molecule has 3 heterocycles. The summed E-state index contributed by atoms with van der Waals surface area (Å²) in [5.41, 5.74) is -1.61. The Kier molecular flexibility index (Phi) is 9.91. The predicted molar refractivity (Wildman–Crippen MR) is 171 cm³/mol. The van der Waals surface area contributed by atoms with Crippen LogP contribution in [0.3, 0.4) is 0 Å². The lowest BCUT2D eigenvalue weighted by Gasteiger charge is -2.54. The SMILES string of the molecule is CCOc1ncccc1C1(NC(=O)C2CC3(CNC3)C2)C(=O)N(S(=O)(=O)c2ccc(OC)cc2OC)c2ccc(C#N)cc21.O=C(O)C(F)(F)F. The molecule has 18 heteroatoms. The average molecular weight is 732 g/mol. The molecule has 3 aromatic rings. The first-order chi connectivity index (χ1) is 24.1. The lowest BCUT2D eigenvalue weighted by molar-refractivity contribution is -0.192. The minimum atomic E-state index is -5.08. The largest absolute Gasteiger partial charge is 0.497 e. The van der Waals surface area contributed by atoms with E-state index in [9.17, 15) is 36.4 Å². The van der Waals surface area contributed by atoms with E-state index in [0.717, 1.165) is 13.1 Å². The summed E-state index contributed by atoms with van der Waals surface area (Å²) >= 11 is 0. The van der Waals surface area contributed by atoms with Crippen LogP contribution in [-0.4, -0.2) is 76.4 Å². The summed E-state index contributed by atoms with van der Waals surface area (Å²) in [6, 6.07) is 13.6. The van der Waals surface area contributed by atoms with Crippen LogP contribution in [0.1, 0.15) is 36.5 Å². The summed E-state index contributed by atoms with van der Waals surface area (Å²) in [6.45, 7) is 3.58. The van der Waals surface area contributed by atoms with Gasteiger partial charge in [-0.2, -0.15) is 22.7 Å². The molecule has 0 radical (unpaired) electrons. The number of aromatic nitrogens is 1. The van der Waals surface area contributed by atoms with Gasteiger partial charge in [0.15, 0.2) is 5.54 Å². The summed E-state index contributed by atoms with van der Waals surface area (Å²) in [5.74, 6) is -4.16. The van der Waals surface area contributed by atoms with Gasteiger partial charge in [0.05, 0.1) is 43.7 Å². The van der Waals surface area contributed by atoms with Gasteiger partial charge >= 0.3 is 12.1 Å². The maximum atomic E-state index is 14.9. The first-order valence-corrected chi connectivity index (χ1v) is 16.8. The highest BCUT2D eigenvalue weighted by Gasteiger charge is 2.60. The Morgan fingerprint density at radius 1 is 1.12 bits per heavy atom. The van der Waals surface area contributed by atoms with Crippen LogP contribution in [-0.2, 0) is 29.9 Å². The van der Waals surface area contributed by atoms with E-state index < -0.39 is 39.5 Å². The molecule has 1 aromatic heterocycles. The number of sulfonamides is 1. The molecule has 51 heavy (non-hydrogen) atoms. The normalized spacial score (nSPS) is 19.0. The van der Waals surface area contributed by atoms with E-state index in [4.69, 9.17) is 24.1 Å². The van der Waals surface area contributed by atoms with E-state index in [-0.39, 0.29) is 56.8 Å². The number of anilines is 1. The number of aliphatic carboxylic acids is 1. The number of carboxylic acid groups (broad SMARTS) is 1. The zero-order valence-electron chi connectivity index (χ0n) is 27.4. The van der Waals surface area contributed by atoms with Crippen LogP contribution in [0, 0.1) is 22.7 Å². The van der Waals surface area contributed by atoms with Crippen LogP contribution in [0.5, 0.6) is 17.4 Å². The van der Waals surface area contributed by atoms with E-state index in [0.29, 0.717) is 22.9 Å². The zero-order valence-corrected chi connectivity index (χ0v) is 28.2. The van der Waals surface area contributed by atoms with Gasteiger partial charge in [0.25, 0.3) is 15.9 Å². The number of alkyl halides is 3. The Hall–Kier alpha value is -5.41. The Morgan fingerprint density at radius 2 is 1.80 bits per heavy atom. The van der Waals surface area contributed by atoms with Crippen molar-refractivity contribution in [2.45, 2.75) is 36.4 Å². The van der Waals surface area contributed by atoms with Gasteiger partial charge in [-0.3, -0.25) is 9.59 Å². The molecule has 2 aromatic carbocycles. The zero-order chi connectivity index (χ0) is 37.4. The molecule has 1 aliphatic carbocycles. The lowest BCUT2D eigenvalue weighted by Crippen LogP contribution is -2.64. The first-order valence-electron chi connectivity index (χ1n) is 15.4. The second-order valence-electron chi connectivity index (χ2n) is 12.0. The minimum absolute atomic E-state index is 0.0215. The predicted octanol–water partition coefficient (Wildman–Crippen LogP) is 3.10. The number of nitrogens with one attached hydrogen (secondary N) is 2. The number of benzene rings is 2. The van der Waals surface area contributed by atoms with Crippen LogP contribution in [0.4, 0.5) is 18.9 Å². The number of nitriles is 1. The van der Waals surface area contributed by atoms with Crippen molar-refractivity contribution in [3.8, 4) is 23.4 Å². The third-order valence-electron chi connectivity index (χ3n) is 8.88. The summed E-state index contributed by atoms with van der Waals surface area (Å²) < 4.78 is 77.7. The Balaban J connectivity index is 0.000000654. The van der Waals surface area contributed by atoms with Crippen LogP contribution < -0.4 is 29.1 Å². The van der Waals surface area contributed by atoms with Gasteiger partial charge in [0.2, 0.25) is 11.8 Å². The standard InChI is InChI=1S/C31H31N5O7S.C2HF3O2/c1-4-43-28-22(6-5-11-34-28)31(35-27(37)20-14-30(15-20)17-33-18-30)23-12-19(16-32)7-9-24(23)36(29(31)38)44(39,40)26-10-8-21(41-2)13-25(26)42-3;3-2(4,5)1(6)7/h5-13,20,33H,4,14-15,17-18H2,1-3H3,(H,35,37);(H,6,7). The van der Waals surface area contributed by atoms with Crippen molar-refractivity contribution in [3.05, 3.63) is 71.4 Å². The molecule has 1 saturated carbocycles. The van der Waals surface area contributed by atoms with E-state index in [1.165, 1.54) is 56.8 Å². The van der Waals surface area contributed by atoms with Gasteiger partial charge in [-0.05, 0) is 67.6 Å². The first kappa shape index (κ1) is 36.9. The molecule has 1 atom stereocenters. The molecule has 14 nitrogen and oxygen atoms in total. The fourth-order valence-electron chi connectivity index (χ4n) is 6.39. The number of carboxylic acids is 1. The second-order valence-corrected chi connectivity index (χ2v) is 13.7. The molecule has 3 N–H and O–H groups in total. The molecule has 3 aliphatic rings. The van der Waals surface area contributed by atoms with Crippen LogP contribution in [0.15, 0.2) is 59.6 Å². The quantitative estimate of drug-likeness (QED) is 0.291. The fraction of sp³-hybridized carbons (Fsp3) is 0.364. The van der Waals surface area contributed by atoms with Crippen molar-refractivity contribution in [3.63, 3.8) is 0 Å². The average Bonchev–Trinajstić information content (AvgIpc) is 3.30. The number of carbonyl (C=O) groups excluding carboxylic acids is 2. The smallest absolute Gasteiger partial charge is 0.490 e. The van der Waals surface area contributed by atoms with E-state index in [2.05, 4.69) is 21.7 Å². The summed E-state index contributed by atoms with van der Waals surface area (Å²) in [7, 11) is -1.91. The van der Waals surface area contributed by atoms with E-state index in [1.807, 2.05) is 0 Å². The molecule has 270 valence electrons. The van der Waals surface area contributed by atoms with Crippen molar-refractivity contribution in [2.75, 3.05) is 38.2 Å². The van der Waals surface area contributed by atoms with Crippen molar-refractivity contribution in [1.82, 2.24) is 15.6 Å². The number of hydrogen-bond acceptors (Lipinski definition) is 11. The number of carbonyl (C=O) groups is 3. The molecule has 2 amide bonds. The highest BCUT2D eigenvalue weighted by atomic mass is 32.2. The van der Waals surface area contributed by atoms with Crippen LogP contribution in [0.25, 0.3) is 0 Å². The number of rotatable bonds is 9. The number of halogens is 3. The van der Waals surface area contributed by atoms with Gasteiger partial charge < -0.3 is 30.0 Å². The number of pyridine rings is 1. The Labute approximate surface area is 290 Å². The number of hydrogen-bond donors (Lipinski definition) is 3. The summed E-state index contributed by atoms with van der Waals surface area (Å²) in [6.07, 6.45) is -2.33. The highest BCUT2D eigenvalue weighted by molar-refractivity contribution is 7.93. The molecule has 1 unspecified atom stereocenters. The third-order valence-corrected chi connectivity index (χ3v) is 10.6. The fourth-order valence-corrected chi connectivity index (χ4v) is 7.99. The molecule has 2 fully saturated rings.